The highest BCUT2D eigenvalue weighted by Crippen LogP contribution is 2.17. The van der Waals surface area contributed by atoms with Crippen molar-refractivity contribution < 1.29 is 9.47 Å². The molecular formula is C6H14O2S. The molecule has 2 nitrogen and oxygen atoms in total. The molecule has 0 saturated carbocycles. The largest absolute Gasteiger partial charge is 0.385 e. The van der Waals surface area contributed by atoms with Crippen LogP contribution in [0.15, 0.2) is 0 Å². The first-order valence-electron chi connectivity index (χ1n) is 2.89. The lowest BCUT2D eigenvalue weighted by Crippen LogP contribution is -2.20. The van der Waals surface area contributed by atoms with Gasteiger partial charge in [0.2, 0.25) is 0 Å². The van der Waals surface area contributed by atoms with Crippen LogP contribution in [0.1, 0.15) is 13.3 Å². The fraction of sp³-hybridized carbons (Fsp3) is 1.00. The Morgan fingerprint density at radius 1 is 1.44 bits per heavy atom. The second-order valence-electron chi connectivity index (χ2n) is 2.12. The minimum Gasteiger partial charge on any atom is -0.385 e. The highest BCUT2D eigenvalue weighted by molar-refractivity contribution is 7.81. The lowest BCUT2D eigenvalue weighted by molar-refractivity contribution is 0.0548. The van der Waals surface area contributed by atoms with Crippen molar-refractivity contribution in [1.82, 2.24) is 0 Å². The summed E-state index contributed by atoms with van der Waals surface area (Å²) in [7, 11) is 3.31. The van der Waals surface area contributed by atoms with Crippen molar-refractivity contribution in [1.29, 1.82) is 0 Å². The molecule has 0 N–H and O–H groups in total. The Kier molecular flexibility index (Phi) is 4.27. The van der Waals surface area contributed by atoms with E-state index >= 15 is 0 Å². The van der Waals surface area contributed by atoms with Gasteiger partial charge in [0.25, 0.3) is 0 Å². The Hall–Kier alpha value is 0.270. The first kappa shape index (κ1) is 9.27. The highest BCUT2D eigenvalue weighted by atomic mass is 32.1. The maximum absolute atomic E-state index is 5.02. The monoisotopic (exact) mass is 150 g/mol. The van der Waals surface area contributed by atoms with Crippen LogP contribution >= 0.6 is 12.6 Å². The van der Waals surface area contributed by atoms with Crippen LogP contribution in [0.2, 0.25) is 0 Å². The topological polar surface area (TPSA) is 18.5 Å². The first-order valence-corrected chi connectivity index (χ1v) is 3.33. The SMILES string of the molecule is COCCC(C)(S)OC. The number of methoxy groups -OCH3 is 2. The molecule has 0 aromatic heterocycles. The van der Waals surface area contributed by atoms with E-state index in [0.29, 0.717) is 6.61 Å². The lowest BCUT2D eigenvalue weighted by atomic mass is 10.3. The third-order valence-electron chi connectivity index (χ3n) is 1.21. The van der Waals surface area contributed by atoms with Crippen LogP contribution in [0.5, 0.6) is 0 Å². The number of thiol groups is 1. The fourth-order valence-electron chi connectivity index (χ4n) is 0.393. The van der Waals surface area contributed by atoms with E-state index < -0.39 is 0 Å². The van der Waals surface area contributed by atoms with Crippen LogP contribution < -0.4 is 0 Å². The summed E-state index contributed by atoms with van der Waals surface area (Å²) in [5.41, 5.74) is 0. The third-order valence-corrected chi connectivity index (χ3v) is 1.62. The van der Waals surface area contributed by atoms with Gasteiger partial charge >= 0.3 is 0 Å². The molecule has 0 amide bonds. The summed E-state index contributed by atoms with van der Waals surface area (Å²) in [6, 6.07) is 0. The molecule has 56 valence electrons. The number of ether oxygens (including phenoxy) is 2. The second kappa shape index (κ2) is 4.14. The van der Waals surface area contributed by atoms with Gasteiger partial charge in [-0.2, -0.15) is 0 Å². The molecule has 0 aliphatic carbocycles. The van der Waals surface area contributed by atoms with E-state index in [0.717, 1.165) is 6.42 Å². The average Bonchev–Trinajstić information content (AvgIpc) is 1.84. The van der Waals surface area contributed by atoms with Crippen LogP contribution in [-0.2, 0) is 9.47 Å². The Labute approximate surface area is 61.9 Å². The van der Waals surface area contributed by atoms with Gasteiger partial charge in [-0.25, -0.2) is 0 Å². The molecule has 0 rings (SSSR count). The van der Waals surface area contributed by atoms with Crippen molar-refractivity contribution in [2.45, 2.75) is 18.3 Å². The molecule has 1 atom stereocenters. The van der Waals surface area contributed by atoms with Crippen molar-refractivity contribution in [3.8, 4) is 0 Å². The predicted octanol–water partition coefficient (Wildman–Crippen LogP) is 1.32. The zero-order valence-electron chi connectivity index (χ0n) is 6.18. The summed E-state index contributed by atoms with van der Waals surface area (Å²) in [6.45, 7) is 2.60. The van der Waals surface area contributed by atoms with Gasteiger partial charge in [0.15, 0.2) is 0 Å². The van der Waals surface area contributed by atoms with E-state index in [9.17, 15) is 0 Å². The number of hydrogen-bond donors (Lipinski definition) is 1. The van der Waals surface area contributed by atoms with Crippen LogP contribution in [-0.4, -0.2) is 25.8 Å². The van der Waals surface area contributed by atoms with E-state index in [1.54, 1.807) is 14.2 Å². The molecule has 0 aromatic rings. The van der Waals surface area contributed by atoms with Gasteiger partial charge in [-0.3, -0.25) is 0 Å². The Morgan fingerprint density at radius 2 is 2.00 bits per heavy atom. The molecule has 0 aliphatic rings. The molecule has 0 saturated heterocycles. The summed E-state index contributed by atoms with van der Waals surface area (Å²) in [6.07, 6.45) is 0.809. The van der Waals surface area contributed by atoms with Crippen molar-refractivity contribution in [2.75, 3.05) is 20.8 Å². The van der Waals surface area contributed by atoms with Gasteiger partial charge in [-0.1, -0.05) is 0 Å². The maximum atomic E-state index is 5.02. The van der Waals surface area contributed by atoms with E-state index in [-0.39, 0.29) is 4.93 Å². The normalized spacial score (nSPS) is 17.3. The standard InChI is InChI=1S/C6H14O2S/c1-6(9,8-3)4-5-7-2/h9H,4-5H2,1-3H3. The van der Waals surface area contributed by atoms with E-state index in [2.05, 4.69) is 12.6 Å². The van der Waals surface area contributed by atoms with Crippen molar-refractivity contribution in [3.63, 3.8) is 0 Å². The van der Waals surface area contributed by atoms with Crippen LogP contribution in [0.4, 0.5) is 0 Å². The zero-order chi connectivity index (χ0) is 7.33. The summed E-state index contributed by atoms with van der Waals surface area (Å²) >= 11 is 4.22. The van der Waals surface area contributed by atoms with E-state index in [4.69, 9.17) is 9.47 Å². The maximum Gasteiger partial charge on any atom is 0.109 e. The summed E-state index contributed by atoms with van der Waals surface area (Å²) < 4.78 is 9.87. The van der Waals surface area contributed by atoms with Gasteiger partial charge in [0.05, 0.1) is 0 Å². The Bertz CT molecular complexity index is 73.5. The van der Waals surface area contributed by atoms with Crippen molar-refractivity contribution in [3.05, 3.63) is 0 Å². The highest BCUT2D eigenvalue weighted by Gasteiger charge is 2.15. The van der Waals surface area contributed by atoms with Gasteiger partial charge in [0, 0.05) is 27.2 Å². The zero-order valence-corrected chi connectivity index (χ0v) is 7.07. The van der Waals surface area contributed by atoms with Crippen molar-refractivity contribution in [2.24, 2.45) is 0 Å². The number of hydrogen-bond acceptors (Lipinski definition) is 3. The first-order chi connectivity index (χ1) is 4.12. The molecule has 0 fully saturated rings. The molecular weight excluding hydrogens is 136 g/mol. The summed E-state index contributed by atoms with van der Waals surface area (Å²) in [5, 5.41) is 0. The van der Waals surface area contributed by atoms with Crippen LogP contribution in [0, 0.1) is 0 Å². The summed E-state index contributed by atoms with van der Waals surface area (Å²) in [5.74, 6) is 0. The van der Waals surface area contributed by atoms with Gasteiger partial charge < -0.3 is 9.47 Å². The Balaban J connectivity index is 3.33. The molecule has 0 radical (unpaired) electrons. The third kappa shape index (κ3) is 4.75. The molecule has 9 heavy (non-hydrogen) atoms. The van der Waals surface area contributed by atoms with Gasteiger partial charge in [-0.15, -0.1) is 12.6 Å². The molecule has 0 heterocycles. The molecule has 1 unspecified atom stereocenters. The van der Waals surface area contributed by atoms with Crippen LogP contribution in [0.3, 0.4) is 0 Å². The van der Waals surface area contributed by atoms with Crippen molar-refractivity contribution >= 4 is 12.6 Å². The lowest BCUT2D eigenvalue weighted by Gasteiger charge is -2.20. The summed E-state index contributed by atoms with van der Waals surface area (Å²) in [4.78, 5) is -0.337. The quantitative estimate of drug-likeness (QED) is 0.481. The predicted molar refractivity (Wildman–Crippen MR) is 40.9 cm³/mol. The molecule has 3 heteroatoms. The Morgan fingerprint density at radius 3 is 2.33 bits per heavy atom. The molecule has 0 bridgehead atoms. The molecule has 0 aliphatic heterocycles. The van der Waals surface area contributed by atoms with Gasteiger partial charge in [0.1, 0.15) is 4.93 Å². The second-order valence-corrected chi connectivity index (χ2v) is 3.07. The van der Waals surface area contributed by atoms with Gasteiger partial charge in [-0.05, 0) is 6.92 Å². The minimum atomic E-state index is -0.337. The molecule has 0 aromatic carbocycles. The minimum absolute atomic E-state index is 0.337. The smallest absolute Gasteiger partial charge is 0.109 e. The average molecular weight is 150 g/mol. The molecule has 0 spiro atoms. The van der Waals surface area contributed by atoms with E-state index in [1.165, 1.54) is 0 Å². The fourth-order valence-corrected chi connectivity index (χ4v) is 0.485. The van der Waals surface area contributed by atoms with E-state index in [1.807, 2.05) is 6.92 Å². The van der Waals surface area contributed by atoms with Crippen LogP contribution in [0.25, 0.3) is 0 Å². The number of rotatable bonds is 4.